The molecule has 54 valence electrons. The van der Waals surface area contributed by atoms with E-state index in [4.69, 9.17) is 5.48 Å². The van der Waals surface area contributed by atoms with Gasteiger partial charge in [0.1, 0.15) is 0 Å². The van der Waals surface area contributed by atoms with Gasteiger partial charge in [-0.3, -0.25) is 0 Å². The molecule has 0 aromatic rings. The molecule has 0 heteroatoms. The first-order chi connectivity index (χ1) is 5.77. The van der Waals surface area contributed by atoms with E-state index in [0.717, 1.165) is 0 Å². The number of hydrogen-bond donors (Lipinski definition) is 0. The van der Waals surface area contributed by atoms with Crippen LogP contribution in [0.1, 0.15) is 51.3 Å². The second kappa shape index (κ2) is 3.24. The summed E-state index contributed by atoms with van der Waals surface area (Å²) in [4.78, 5) is 0. The van der Waals surface area contributed by atoms with Crippen LogP contribution in [0.4, 0.5) is 0 Å². The van der Waals surface area contributed by atoms with Gasteiger partial charge in [-0.25, -0.2) is 0 Å². The van der Waals surface area contributed by atoms with Crippen molar-refractivity contribution < 1.29 is 5.48 Å². The van der Waals surface area contributed by atoms with Gasteiger partial charge in [0.2, 0.25) is 0 Å². The molecule has 0 atom stereocenters. The zero-order valence-electron chi connectivity index (χ0n) is 10.3. The Labute approximate surface area is 64.3 Å². The van der Waals surface area contributed by atoms with Crippen LogP contribution in [0, 0.1) is 11.8 Å². The van der Waals surface area contributed by atoms with Crippen LogP contribution < -0.4 is 0 Å². The van der Waals surface area contributed by atoms with Crippen molar-refractivity contribution >= 4 is 0 Å². The molecule has 0 heterocycles. The molecule has 9 heavy (non-hydrogen) atoms. The van der Waals surface area contributed by atoms with Gasteiger partial charge >= 0.3 is 0 Å². The normalized spacial score (nSPS) is 40.8. The topological polar surface area (TPSA) is 0 Å². The summed E-state index contributed by atoms with van der Waals surface area (Å²) >= 11 is 0. The molecular weight excluding hydrogens is 108 g/mol. The first-order valence-corrected chi connectivity index (χ1v) is 3.77. The van der Waals surface area contributed by atoms with Crippen molar-refractivity contribution in [2.45, 2.75) is 45.9 Å². The lowest BCUT2D eigenvalue weighted by Gasteiger charge is -2.24. The van der Waals surface area contributed by atoms with E-state index in [1.165, 1.54) is 0 Å². The molecule has 1 saturated carbocycles. The van der Waals surface area contributed by atoms with Gasteiger partial charge in [0.25, 0.3) is 0 Å². The van der Waals surface area contributed by atoms with Gasteiger partial charge in [-0.2, -0.15) is 0 Å². The second-order valence-electron chi connectivity index (χ2n) is 2.98. The van der Waals surface area contributed by atoms with E-state index in [9.17, 15) is 0 Å². The Kier molecular flexibility index (Phi) is 1.23. The molecule has 0 nitrogen and oxygen atoms in total. The minimum atomic E-state index is -1.32. The van der Waals surface area contributed by atoms with Gasteiger partial charge in [-0.1, -0.05) is 45.9 Å². The Morgan fingerprint density at radius 1 is 1.22 bits per heavy atom. The van der Waals surface area contributed by atoms with E-state index in [2.05, 4.69) is 0 Å². The quantitative estimate of drug-likeness (QED) is 0.511. The Bertz CT molecular complexity index is 170. The zero-order valence-corrected chi connectivity index (χ0v) is 6.28. The maximum atomic E-state index is 7.80. The fourth-order valence-corrected chi connectivity index (χ4v) is 1.15. The Hall–Kier alpha value is 0. The molecule has 1 aliphatic rings. The van der Waals surface area contributed by atoms with Crippen LogP contribution in [0.15, 0.2) is 0 Å². The third kappa shape index (κ3) is 2.00. The smallest absolute Gasteiger partial charge is 0.0269 e. The lowest BCUT2D eigenvalue weighted by atomic mass is 9.82. The minimum Gasteiger partial charge on any atom is -0.0625 e. The van der Waals surface area contributed by atoms with Crippen molar-refractivity contribution in [1.29, 1.82) is 0 Å². The molecule has 0 amide bonds. The van der Waals surface area contributed by atoms with E-state index < -0.39 is 18.7 Å². The lowest BCUT2D eigenvalue weighted by molar-refractivity contribution is 0.279. The highest BCUT2D eigenvalue weighted by Crippen LogP contribution is 2.29. The van der Waals surface area contributed by atoms with Crippen LogP contribution in [0.2, 0.25) is 0 Å². The first kappa shape index (κ1) is 3.41. The molecular formula is C9H18. The predicted molar refractivity (Wildman–Crippen MR) is 41.4 cm³/mol. The van der Waals surface area contributed by atoms with Gasteiger partial charge in [-0.15, -0.1) is 0 Å². The maximum Gasteiger partial charge on any atom is 0.0269 e. The Morgan fingerprint density at radius 2 is 1.78 bits per heavy atom. The molecule has 0 radical (unpaired) electrons. The zero-order chi connectivity index (χ0) is 10.3. The summed E-state index contributed by atoms with van der Waals surface area (Å²) in [6.45, 7) is 3.82. The fourth-order valence-electron chi connectivity index (χ4n) is 1.15. The molecule has 1 rings (SSSR count). The Morgan fingerprint density at radius 3 is 2.11 bits per heavy atom. The SMILES string of the molecule is [2H]C1([2H])CCCC([2H])([2H])C1C(C)C. The van der Waals surface area contributed by atoms with E-state index in [-0.39, 0.29) is 5.92 Å². The van der Waals surface area contributed by atoms with Crippen LogP contribution in [0.3, 0.4) is 0 Å². The van der Waals surface area contributed by atoms with Gasteiger partial charge in [0, 0.05) is 5.48 Å². The van der Waals surface area contributed by atoms with Crippen LogP contribution in [-0.4, -0.2) is 0 Å². The molecule has 0 spiro atoms. The van der Waals surface area contributed by atoms with Gasteiger partial charge < -0.3 is 0 Å². The highest BCUT2D eigenvalue weighted by molar-refractivity contribution is 4.67. The average Bonchev–Trinajstić information content (AvgIpc) is 1.79. The van der Waals surface area contributed by atoms with E-state index >= 15 is 0 Å². The highest BCUT2D eigenvalue weighted by atomic mass is 14.2. The minimum absolute atomic E-state index is 0.0744. The van der Waals surface area contributed by atoms with Crippen molar-refractivity contribution in [3.63, 3.8) is 0 Å². The summed E-state index contributed by atoms with van der Waals surface area (Å²) in [5.41, 5.74) is 0. The summed E-state index contributed by atoms with van der Waals surface area (Å²) in [5, 5.41) is 0. The van der Waals surface area contributed by atoms with Crippen molar-refractivity contribution in [2.75, 3.05) is 0 Å². The molecule has 0 aromatic heterocycles. The summed E-state index contributed by atoms with van der Waals surface area (Å²) < 4.78 is 31.2. The second-order valence-corrected chi connectivity index (χ2v) is 2.98. The number of hydrogen-bond acceptors (Lipinski definition) is 0. The fraction of sp³-hybridized carbons (Fsp3) is 1.00. The average molecular weight is 130 g/mol. The van der Waals surface area contributed by atoms with Gasteiger partial charge in [0.05, 0.1) is 0 Å². The highest BCUT2D eigenvalue weighted by Gasteiger charge is 2.15. The Balaban J connectivity index is 2.91. The lowest BCUT2D eigenvalue weighted by Crippen LogP contribution is -2.12. The van der Waals surface area contributed by atoms with Crippen LogP contribution >= 0.6 is 0 Å². The molecule has 0 bridgehead atoms. The van der Waals surface area contributed by atoms with E-state index in [1.807, 2.05) is 13.8 Å². The summed E-state index contributed by atoms with van der Waals surface area (Å²) in [5.74, 6) is -0.376. The summed E-state index contributed by atoms with van der Waals surface area (Å²) in [6.07, 6.45) is -0.959. The molecule has 0 aliphatic heterocycles. The van der Waals surface area contributed by atoms with Crippen LogP contribution in [-0.2, 0) is 0 Å². The summed E-state index contributed by atoms with van der Waals surface area (Å²) in [7, 11) is 0. The monoisotopic (exact) mass is 130 g/mol. The van der Waals surface area contributed by atoms with Crippen molar-refractivity contribution in [2.24, 2.45) is 11.8 Å². The van der Waals surface area contributed by atoms with Gasteiger partial charge in [0.15, 0.2) is 0 Å². The predicted octanol–water partition coefficient (Wildman–Crippen LogP) is 3.22. The maximum absolute atomic E-state index is 7.80. The van der Waals surface area contributed by atoms with E-state index in [0.29, 0.717) is 19.3 Å². The molecule has 0 N–H and O–H groups in total. The molecule has 0 aromatic carbocycles. The molecule has 0 unspecified atom stereocenters. The van der Waals surface area contributed by atoms with Crippen LogP contribution in [0.25, 0.3) is 0 Å². The van der Waals surface area contributed by atoms with Crippen molar-refractivity contribution in [3.8, 4) is 0 Å². The molecule has 1 aliphatic carbocycles. The largest absolute Gasteiger partial charge is 0.0625 e. The number of rotatable bonds is 1. The molecule has 1 fully saturated rings. The van der Waals surface area contributed by atoms with Gasteiger partial charge in [-0.05, 0) is 11.8 Å². The first-order valence-electron chi connectivity index (χ1n) is 5.77. The molecule has 0 saturated heterocycles. The summed E-state index contributed by atoms with van der Waals surface area (Å²) in [6, 6.07) is 0. The van der Waals surface area contributed by atoms with E-state index in [1.54, 1.807) is 0 Å². The van der Waals surface area contributed by atoms with Crippen molar-refractivity contribution in [1.82, 2.24) is 0 Å². The standard InChI is InChI=1S/C9H18/c1-8(2)9-6-4-3-5-7-9/h8-9H,3-7H2,1-2H3/i6D2,7D2. The third-order valence-corrected chi connectivity index (χ3v) is 1.75. The van der Waals surface area contributed by atoms with Crippen molar-refractivity contribution in [3.05, 3.63) is 0 Å². The third-order valence-electron chi connectivity index (χ3n) is 1.75. The van der Waals surface area contributed by atoms with Crippen LogP contribution in [0.5, 0.6) is 0 Å².